The van der Waals surface area contributed by atoms with E-state index in [-0.39, 0.29) is 34.8 Å². The first-order valence-electron chi connectivity index (χ1n) is 3.33. The highest BCUT2D eigenvalue weighted by Gasteiger charge is 2.29. The van der Waals surface area contributed by atoms with Gasteiger partial charge in [0.05, 0.1) is 6.61 Å². The quantitative estimate of drug-likeness (QED) is 0.233. The second kappa shape index (κ2) is 9.74. The summed E-state index contributed by atoms with van der Waals surface area (Å²) in [4.78, 5) is 9.90. The zero-order valence-electron chi connectivity index (χ0n) is 6.74. The lowest BCUT2D eigenvalue weighted by molar-refractivity contribution is -0.136. The normalized spacial score (nSPS) is 18.1. The zero-order chi connectivity index (χ0) is 9.72. The second-order valence-electron chi connectivity index (χ2n) is 2.36. The molecule has 14 heavy (non-hydrogen) atoms. The summed E-state index contributed by atoms with van der Waals surface area (Å²) in [7, 11) is 0. The largest absolute Gasteiger partial charge is 0.412 e. The molecule has 0 aromatic heterocycles. The van der Waals surface area contributed by atoms with Crippen molar-refractivity contribution in [2.75, 3.05) is 6.61 Å². The number of carbonyl (C=O) groups excluding carboxylic acids is 1. The van der Waals surface area contributed by atoms with E-state index in [4.69, 9.17) is 25.5 Å². The smallest absolute Gasteiger partial charge is 0.316 e. The fraction of sp³-hybridized carbons (Fsp3) is 0.833. The highest BCUT2D eigenvalue weighted by Crippen LogP contribution is 2.02. The molecule has 0 heterocycles. The van der Waals surface area contributed by atoms with E-state index < -0.39 is 31.0 Å². The molecular formula is C6H16MgO7. The first-order valence-corrected chi connectivity index (χ1v) is 3.33. The summed E-state index contributed by atoms with van der Waals surface area (Å²) < 4.78 is 0. The summed E-state index contributed by atoms with van der Waals surface area (Å²) in [6.45, 7) is -0.760. The van der Waals surface area contributed by atoms with Crippen LogP contribution in [0.1, 0.15) is 0 Å². The van der Waals surface area contributed by atoms with Crippen molar-refractivity contribution in [1.82, 2.24) is 0 Å². The second-order valence-corrected chi connectivity index (χ2v) is 2.36. The van der Waals surface area contributed by atoms with Gasteiger partial charge in [-0.1, -0.05) is 0 Å². The summed E-state index contributed by atoms with van der Waals surface area (Å²) in [6.07, 6.45) is -6.84. The maximum atomic E-state index is 9.90. The number of rotatable bonds is 5. The summed E-state index contributed by atoms with van der Waals surface area (Å²) in [5.74, 6) is 0. The van der Waals surface area contributed by atoms with E-state index in [0.29, 0.717) is 0 Å². The minimum absolute atomic E-state index is 0. The van der Waals surface area contributed by atoms with Gasteiger partial charge >= 0.3 is 23.1 Å². The van der Waals surface area contributed by atoms with Crippen molar-refractivity contribution in [3.05, 3.63) is 0 Å². The molecular weight excluding hydrogens is 208 g/mol. The fourth-order valence-corrected chi connectivity index (χ4v) is 0.618. The number of carbonyl (C=O) groups is 1. The van der Waals surface area contributed by atoms with E-state index in [0.717, 1.165) is 0 Å². The van der Waals surface area contributed by atoms with Crippen LogP contribution in [0.3, 0.4) is 0 Å². The molecule has 0 fully saturated rings. The van der Waals surface area contributed by atoms with Crippen molar-refractivity contribution in [2.45, 2.75) is 24.4 Å². The molecule has 0 radical (unpaired) electrons. The third-order valence-electron chi connectivity index (χ3n) is 1.42. The van der Waals surface area contributed by atoms with Crippen LogP contribution in [0, 0.1) is 0 Å². The van der Waals surface area contributed by atoms with Crippen LogP contribution in [-0.2, 0) is 4.79 Å². The highest BCUT2D eigenvalue weighted by molar-refractivity contribution is 5.75. The zero-order valence-corrected chi connectivity index (χ0v) is 6.74. The molecule has 0 bridgehead atoms. The van der Waals surface area contributed by atoms with Crippen molar-refractivity contribution in [3.63, 3.8) is 0 Å². The van der Waals surface area contributed by atoms with Gasteiger partial charge < -0.3 is 35.8 Å². The molecule has 0 rings (SSSR count). The Balaban J connectivity index is -0.000000605. The van der Waals surface area contributed by atoms with E-state index >= 15 is 0 Å². The van der Waals surface area contributed by atoms with Crippen LogP contribution in [0.2, 0.25) is 0 Å². The van der Waals surface area contributed by atoms with Crippen LogP contribution >= 0.6 is 0 Å². The number of hydrogen-bond acceptors (Lipinski definition) is 6. The van der Waals surface area contributed by atoms with E-state index in [9.17, 15) is 4.79 Å². The van der Waals surface area contributed by atoms with Gasteiger partial charge in [0.2, 0.25) is 0 Å². The number of hydrogen-bond donors (Lipinski definition) is 5. The number of aldehydes is 1. The Morgan fingerprint density at radius 2 is 1.50 bits per heavy atom. The Morgan fingerprint density at radius 3 is 1.79 bits per heavy atom. The molecule has 0 aliphatic heterocycles. The van der Waals surface area contributed by atoms with Gasteiger partial charge in [-0.2, -0.15) is 0 Å². The average Bonchev–Trinajstić information content (AvgIpc) is 2.12. The molecule has 7 N–H and O–H groups in total. The summed E-state index contributed by atoms with van der Waals surface area (Å²) in [5.41, 5.74) is 0. The standard InChI is InChI=1S/C6H12O6.Mg.H2O.2H/c7-1-3(9)5(11)6(12)4(10)2-8;;;;/h1,3-6,8-12H,2H2;;1H2;;/t3-,4+,5+,6+;;;;/m0..../s1. The summed E-state index contributed by atoms with van der Waals surface area (Å²) >= 11 is 0. The fourth-order valence-electron chi connectivity index (χ4n) is 0.618. The molecule has 84 valence electrons. The van der Waals surface area contributed by atoms with Gasteiger partial charge in [0.1, 0.15) is 24.4 Å². The van der Waals surface area contributed by atoms with Crippen molar-refractivity contribution in [3.8, 4) is 0 Å². The van der Waals surface area contributed by atoms with Crippen LogP contribution in [0.4, 0.5) is 0 Å². The first kappa shape index (κ1) is 19.7. The Morgan fingerprint density at radius 1 is 1.07 bits per heavy atom. The van der Waals surface area contributed by atoms with Gasteiger partial charge in [-0.25, -0.2) is 0 Å². The average molecular weight is 224 g/mol. The van der Waals surface area contributed by atoms with Crippen LogP contribution in [0.5, 0.6) is 0 Å². The van der Waals surface area contributed by atoms with Gasteiger partial charge in [-0.05, 0) is 0 Å². The highest BCUT2D eigenvalue weighted by atomic mass is 24.3. The molecule has 0 aliphatic rings. The predicted molar refractivity (Wildman–Crippen MR) is 49.3 cm³/mol. The van der Waals surface area contributed by atoms with E-state index in [1.54, 1.807) is 0 Å². The lowest BCUT2D eigenvalue weighted by Crippen LogP contribution is -2.46. The minimum atomic E-state index is -1.79. The third-order valence-corrected chi connectivity index (χ3v) is 1.42. The van der Waals surface area contributed by atoms with Crippen molar-refractivity contribution in [1.29, 1.82) is 0 Å². The molecule has 0 unspecified atom stereocenters. The first-order chi connectivity index (χ1) is 5.54. The molecule has 0 amide bonds. The Labute approximate surface area is 96.4 Å². The van der Waals surface area contributed by atoms with Crippen molar-refractivity contribution < 1.29 is 35.8 Å². The molecule has 0 aromatic carbocycles. The third kappa shape index (κ3) is 5.83. The van der Waals surface area contributed by atoms with Gasteiger partial charge in [0, 0.05) is 0 Å². The predicted octanol–water partition coefficient (Wildman–Crippen LogP) is -5.12. The molecule has 4 atom stereocenters. The van der Waals surface area contributed by atoms with Crippen molar-refractivity contribution in [2.24, 2.45) is 0 Å². The lowest BCUT2D eigenvalue weighted by Gasteiger charge is -2.22. The lowest BCUT2D eigenvalue weighted by atomic mass is 10.0. The Hall–Kier alpha value is 0.196. The maximum Gasteiger partial charge on any atom is 0.316 e. The molecule has 0 aromatic rings. The molecule has 7 nitrogen and oxygen atoms in total. The molecule has 8 heteroatoms. The van der Waals surface area contributed by atoms with E-state index in [2.05, 4.69) is 0 Å². The monoisotopic (exact) mass is 224 g/mol. The summed E-state index contributed by atoms with van der Waals surface area (Å²) in [5, 5.41) is 43.5. The van der Waals surface area contributed by atoms with Gasteiger partial charge in [0.15, 0.2) is 6.29 Å². The molecule has 0 spiro atoms. The van der Waals surface area contributed by atoms with Crippen LogP contribution < -0.4 is 0 Å². The molecule has 0 saturated heterocycles. The van der Waals surface area contributed by atoms with Crippen LogP contribution in [0.15, 0.2) is 0 Å². The minimum Gasteiger partial charge on any atom is -0.412 e. The molecule has 0 aliphatic carbocycles. The topological polar surface area (TPSA) is 150 Å². The number of aliphatic hydroxyl groups is 5. The van der Waals surface area contributed by atoms with Crippen LogP contribution in [-0.4, -0.2) is 91.4 Å². The summed E-state index contributed by atoms with van der Waals surface area (Å²) in [6, 6.07) is 0. The Bertz CT molecular complexity index is 144. The van der Waals surface area contributed by atoms with E-state index in [1.807, 2.05) is 0 Å². The van der Waals surface area contributed by atoms with Gasteiger partial charge in [-0.15, -0.1) is 0 Å². The van der Waals surface area contributed by atoms with Gasteiger partial charge in [-0.3, -0.25) is 0 Å². The Kier molecular flexibility index (Phi) is 13.7. The van der Waals surface area contributed by atoms with E-state index in [1.165, 1.54) is 0 Å². The number of aliphatic hydroxyl groups excluding tert-OH is 5. The van der Waals surface area contributed by atoms with Gasteiger partial charge in [0.25, 0.3) is 0 Å². The maximum absolute atomic E-state index is 9.90. The molecule has 0 saturated carbocycles. The van der Waals surface area contributed by atoms with Crippen molar-refractivity contribution >= 4 is 29.3 Å². The SMILES string of the molecule is O.O=C[C@H](O)[C@@H](O)[C@H](O)[C@H](O)CO.[MgH2]. The van der Waals surface area contributed by atoms with Crippen LogP contribution in [0.25, 0.3) is 0 Å².